The Kier molecular flexibility index (Phi) is 5.03. The van der Waals surface area contributed by atoms with Crippen LogP contribution < -0.4 is 5.73 Å². The molecule has 3 rings (SSSR count). The molecule has 0 bridgehead atoms. The van der Waals surface area contributed by atoms with Gasteiger partial charge in [-0.3, -0.25) is 14.7 Å². The third-order valence-corrected chi connectivity index (χ3v) is 4.39. The van der Waals surface area contributed by atoms with Crippen LogP contribution in [0, 0.1) is 5.92 Å². The fraction of sp³-hybridized carbons (Fsp3) is 0.368. The lowest BCUT2D eigenvalue weighted by Gasteiger charge is -2.32. The Morgan fingerprint density at radius 2 is 2.17 bits per heavy atom. The average molecular weight is 309 g/mol. The molecule has 4 heteroatoms. The van der Waals surface area contributed by atoms with E-state index in [1.165, 1.54) is 5.56 Å². The van der Waals surface area contributed by atoms with Gasteiger partial charge in [0.1, 0.15) is 0 Å². The first-order valence-electron chi connectivity index (χ1n) is 8.22. The molecular weight excluding hydrogens is 286 g/mol. The number of amides is 1. The number of benzene rings is 1. The molecule has 4 nitrogen and oxygen atoms in total. The van der Waals surface area contributed by atoms with Gasteiger partial charge in [0.15, 0.2) is 0 Å². The Hall–Kier alpha value is -2.20. The van der Waals surface area contributed by atoms with Crippen molar-refractivity contribution in [3.63, 3.8) is 0 Å². The molecule has 0 unspecified atom stereocenters. The molecule has 1 aromatic carbocycles. The van der Waals surface area contributed by atoms with Gasteiger partial charge in [-0.2, -0.15) is 0 Å². The number of primary amides is 1. The maximum atomic E-state index is 11.1. The molecule has 0 aliphatic carbocycles. The summed E-state index contributed by atoms with van der Waals surface area (Å²) < 4.78 is 0. The van der Waals surface area contributed by atoms with Gasteiger partial charge in [-0.1, -0.05) is 24.3 Å². The number of hydrogen-bond donors (Lipinski definition) is 1. The van der Waals surface area contributed by atoms with Crippen molar-refractivity contribution in [3.05, 3.63) is 54.2 Å². The van der Waals surface area contributed by atoms with Crippen LogP contribution in [0.4, 0.5) is 0 Å². The summed E-state index contributed by atoms with van der Waals surface area (Å²) in [5, 5.41) is 0. The molecule has 1 aromatic heterocycles. The third kappa shape index (κ3) is 4.39. The van der Waals surface area contributed by atoms with E-state index in [9.17, 15) is 4.79 Å². The number of carbonyl (C=O) groups excluding carboxylic acids is 1. The minimum atomic E-state index is -0.186. The number of likely N-dealkylation sites (tertiary alicyclic amines) is 1. The number of rotatable bonds is 5. The fourth-order valence-corrected chi connectivity index (χ4v) is 3.37. The number of pyridine rings is 1. The summed E-state index contributed by atoms with van der Waals surface area (Å²) in [5.41, 5.74) is 8.77. The van der Waals surface area contributed by atoms with E-state index in [1.54, 1.807) is 0 Å². The molecule has 1 aliphatic rings. The smallest absolute Gasteiger partial charge is 0.217 e. The van der Waals surface area contributed by atoms with Crippen molar-refractivity contribution in [2.24, 2.45) is 11.7 Å². The lowest BCUT2D eigenvalue weighted by Crippen LogP contribution is -2.36. The predicted molar refractivity (Wildman–Crippen MR) is 91.5 cm³/mol. The van der Waals surface area contributed by atoms with E-state index in [0.29, 0.717) is 12.3 Å². The Balaban J connectivity index is 1.67. The van der Waals surface area contributed by atoms with Gasteiger partial charge < -0.3 is 5.73 Å². The Morgan fingerprint density at radius 1 is 1.26 bits per heavy atom. The monoisotopic (exact) mass is 309 g/mol. The predicted octanol–water partition coefficient (Wildman–Crippen LogP) is 2.84. The maximum absolute atomic E-state index is 11.1. The average Bonchev–Trinajstić information content (AvgIpc) is 2.56. The summed E-state index contributed by atoms with van der Waals surface area (Å²) in [5.74, 6) is 0.217. The molecule has 1 atom stereocenters. The lowest BCUT2D eigenvalue weighted by atomic mass is 9.94. The van der Waals surface area contributed by atoms with Crippen LogP contribution in [0.25, 0.3) is 11.3 Å². The van der Waals surface area contributed by atoms with Crippen LogP contribution in [0.5, 0.6) is 0 Å². The normalized spacial score (nSPS) is 18.7. The second kappa shape index (κ2) is 7.38. The topological polar surface area (TPSA) is 59.2 Å². The SMILES string of the molecule is NC(=O)C[C@H]1CCCN(Cc2cccc(-c3ccccn3)c2)C1. The molecule has 23 heavy (non-hydrogen) atoms. The van der Waals surface area contributed by atoms with Crippen molar-refractivity contribution >= 4 is 5.91 Å². The number of carbonyl (C=O) groups is 1. The molecule has 0 saturated carbocycles. The van der Waals surface area contributed by atoms with Crippen LogP contribution >= 0.6 is 0 Å². The number of nitrogens with two attached hydrogens (primary N) is 1. The van der Waals surface area contributed by atoms with Crippen LogP contribution in [-0.2, 0) is 11.3 Å². The summed E-state index contributed by atoms with van der Waals surface area (Å²) in [6.45, 7) is 2.95. The van der Waals surface area contributed by atoms with Gasteiger partial charge in [0.05, 0.1) is 5.69 Å². The summed E-state index contributed by atoms with van der Waals surface area (Å²) >= 11 is 0. The molecule has 2 heterocycles. The quantitative estimate of drug-likeness (QED) is 0.924. The highest BCUT2D eigenvalue weighted by Crippen LogP contribution is 2.23. The maximum Gasteiger partial charge on any atom is 0.217 e. The van der Waals surface area contributed by atoms with Crippen molar-refractivity contribution in [2.45, 2.75) is 25.8 Å². The van der Waals surface area contributed by atoms with Crippen LogP contribution in [0.3, 0.4) is 0 Å². The highest BCUT2D eigenvalue weighted by Gasteiger charge is 2.21. The van der Waals surface area contributed by atoms with E-state index in [0.717, 1.165) is 43.7 Å². The Labute approximate surface area is 137 Å². The van der Waals surface area contributed by atoms with Crippen molar-refractivity contribution < 1.29 is 4.79 Å². The van der Waals surface area contributed by atoms with E-state index < -0.39 is 0 Å². The van der Waals surface area contributed by atoms with Gasteiger partial charge >= 0.3 is 0 Å². The first-order chi connectivity index (χ1) is 11.2. The first-order valence-corrected chi connectivity index (χ1v) is 8.22. The summed E-state index contributed by atoms with van der Waals surface area (Å²) in [4.78, 5) is 18.0. The fourth-order valence-electron chi connectivity index (χ4n) is 3.37. The van der Waals surface area contributed by atoms with Crippen molar-refractivity contribution in [1.82, 2.24) is 9.88 Å². The molecular formula is C19H23N3O. The van der Waals surface area contributed by atoms with E-state index >= 15 is 0 Å². The van der Waals surface area contributed by atoms with Crippen molar-refractivity contribution in [1.29, 1.82) is 0 Å². The minimum absolute atomic E-state index is 0.186. The third-order valence-electron chi connectivity index (χ3n) is 4.39. The van der Waals surface area contributed by atoms with Crippen molar-refractivity contribution in [2.75, 3.05) is 13.1 Å². The molecule has 1 fully saturated rings. The lowest BCUT2D eigenvalue weighted by molar-refractivity contribution is -0.119. The molecule has 1 amide bonds. The number of hydrogen-bond acceptors (Lipinski definition) is 3. The molecule has 1 aliphatic heterocycles. The highest BCUT2D eigenvalue weighted by atomic mass is 16.1. The van der Waals surface area contributed by atoms with Gasteiger partial charge in [-0.15, -0.1) is 0 Å². The van der Waals surface area contributed by atoms with Crippen LogP contribution in [0.15, 0.2) is 48.7 Å². The standard InChI is InChI=1S/C19H23N3O/c20-19(23)12-16-6-4-10-22(14-16)13-15-5-3-7-17(11-15)18-8-1-2-9-21-18/h1-3,5,7-9,11,16H,4,6,10,12-14H2,(H2,20,23)/t16-/m1/s1. The zero-order chi connectivity index (χ0) is 16.1. The molecule has 2 aromatic rings. The molecule has 0 radical (unpaired) electrons. The Morgan fingerprint density at radius 3 is 2.96 bits per heavy atom. The number of piperidine rings is 1. The zero-order valence-electron chi connectivity index (χ0n) is 13.3. The zero-order valence-corrected chi connectivity index (χ0v) is 13.3. The first kappa shape index (κ1) is 15.7. The van der Waals surface area contributed by atoms with E-state index in [1.807, 2.05) is 24.4 Å². The number of aromatic nitrogens is 1. The van der Waals surface area contributed by atoms with Gasteiger partial charge in [-0.05, 0) is 49.1 Å². The van der Waals surface area contributed by atoms with Gasteiger partial charge in [0, 0.05) is 31.3 Å². The van der Waals surface area contributed by atoms with E-state index in [4.69, 9.17) is 5.73 Å². The largest absolute Gasteiger partial charge is 0.370 e. The van der Waals surface area contributed by atoms with Crippen LogP contribution in [0.1, 0.15) is 24.8 Å². The van der Waals surface area contributed by atoms with Crippen molar-refractivity contribution in [3.8, 4) is 11.3 Å². The van der Waals surface area contributed by atoms with Gasteiger partial charge in [0.25, 0.3) is 0 Å². The number of nitrogens with zero attached hydrogens (tertiary/aromatic N) is 2. The van der Waals surface area contributed by atoms with Crippen LogP contribution in [-0.4, -0.2) is 28.9 Å². The second-order valence-corrected chi connectivity index (χ2v) is 6.33. The van der Waals surface area contributed by atoms with Gasteiger partial charge in [0.2, 0.25) is 5.91 Å². The molecule has 2 N–H and O–H groups in total. The minimum Gasteiger partial charge on any atom is -0.370 e. The summed E-state index contributed by atoms with van der Waals surface area (Å²) in [6, 6.07) is 14.5. The second-order valence-electron chi connectivity index (χ2n) is 6.33. The highest BCUT2D eigenvalue weighted by molar-refractivity contribution is 5.74. The van der Waals surface area contributed by atoms with E-state index in [2.05, 4.69) is 34.1 Å². The van der Waals surface area contributed by atoms with Crippen LogP contribution in [0.2, 0.25) is 0 Å². The van der Waals surface area contributed by atoms with Gasteiger partial charge in [-0.25, -0.2) is 0 Å². The van der Waals surface area contributed by atoms with E-state index in [-0.39, 0.29) is 5.91 Å². The summed E-state index contributed by atoms with van der Waals surface area (Å²) in [6.07, 6.45) is 4.57. The molecule has 0 spiro atoms. The molecule has 120 valence electrons. The molecule has 1 saturated heterocycles. The Bertz CT molecular complexity index is 657. The summed E-state index contributed by atoms with van der Waals surface area (Å²) in [7, 11) is 0.